The van der Waals surface area contributed by atoms with Crippen LogP contribution in [-0.2, 0) is 16.6 Å². The number of hydrogen-bond acceptors (Lipinski definition) is 3. The Kier molecular flexibility index (Phi) is 2.69. The molecular weight excluding hydrogens is 276 g/mol. The van der Waals surface area contributed by atoms with Crippen LogP contribution in [0.3, 0.4) is 0 Å². The SMILES string of the molecule is CC1=CC=CC[C@@]1(C)S(=O)(=O)n1ccc2c1CNC2=O. The standard InChI is InChI=1S/C14H16N2O3S/c1-10-5-3-4-7-14(10,2)20(18,19)16-8-6-11-12(16)9-15-13(11)17/h3-6,8H,7,9H2,1-2H3,(H,15,17)/t14-/m1/s1. The van der Waals surface area contributed by atoms with Crippen molar-refractivity contribution in [1.29, 1.82) is 0 Å². The van der Waals surface area contributed by atoms with E-state index in [1.54, 1.807) is 13.0 Å². The normalized spacial score (nSPS) is 25.3. The first-order valence-electron chi connectivity index (χ1n) is 6.45. The highest BCUT2D eigenvalue weighted by molar-refractivity contribution is 7.91. The van der Waals surface area contributed by atoms with Gasteiger partial charge < -0.3 is 5.32 Å². The second-order valence-corrected chi connectivity index (χ2v) is 7.62. The van der Waals surface area contributed by atoms with Gasteiger partial charge in [-0.1, -0.05) is 23.8 Å². The molecule has 0 saturated carbocycles. The van der Waals surface area contributed by atoms with Gasteiger partial charge in [-0.25, -0.2) is 12.4 Å². The van der Waals surface area contributed by atoms with E-state index >= 15 is 0 Å². The molecular formula is C14H16N2O3S. The Morgan fingerprint density at radius 1 is 1.40 bits per heavy atom. The van der Waals surface area contributed by atoms with E-state index in [4.69, 9.17) is 0 Å². The molecule has 20 heavy (non-hydrogen) atoms. The summed E-state index contributed by atoms with van der Waals surface area (Å²) in [6.45, 7) is 3.82. The number of fused-ring (bicyclic) bond motifs is 1. The predicted molar refractivity (Wildman–Crippen MR) is 75.8 cm³/mol. The van der Waals surface area contributed by atoms with Crippen molar-refractivity contribution in [3.8, 4) is 0 Å². The smallest absolute Gasteiger partial charge is 0.253 e. The van der Waals surface area contributed by atoms with Crippen molar-refractivity contribution < 1.29 is 13.2 Å². The van der Waals surface area contributed by atoms with E-state index < -0.39 is 14.8 Å². The number of hydrogen-bond donors (Lipinski definition) is 1. The van der Waals surface area contributed by atoms with Crippen LogP contribution in [0.1, 0.15) is 36.3 Å². The van der Waals surface area contributed by atoms with Crippen LogP contribution in [0.15, 0.2) is 36.1 Å². The van der Waals surface area contributed by atoms with Gasteiger partial charge in [-0.3, -0.25) is 4.79 Å². The fourth-order valence-corrected chi connectivity index (χ4v) is 4.57. The summed E-state index contributed by atoms with van der Waals surface area (Å²) in [5.41, 5.74) is 1.78. The third-order valence-corrected chi connectivity index (χ3v) is 6.75. The maximum atomic E-state index is 13.0. The van der Waals surface area contributed by atoms with Crippen molar-refractivity contribution in [2.75, 3.05) is 0 Å². The lowest BCUT2D eigenvalue weighted by atomic mass is 9.94. The molecule has 1 N–H and O–H groups in total. The lowest BCUT2D eigenvalue weighted by Crippen LogP contribution is -2.41. The van der Waals surface area contributed by atoms with Crippen LogP contribution >= 0.6 is 0 Å². The molecule has 5 nitrogen and oxygen atoms in total. The van der Waals surface area contributed by atoms with Gasteiger partial charge in [0.15, 0.2) is 0 Å². The summed E-state index contributed by atoms with van der Waals surface area (Å²) in [6, 6.07) is 1.57. The van der Waals surface area contributed by atoms with Crippen LogP contribution in [0.4, 0.5) is 0 Å². The van der Waals surface area contributed by atoms with Crippen molar-refractivity contribution in [2.45, 2.75) is 31.6 Å². The quantitative estimate of drug-likeness (QED) is 0.899. The summed E-state index contributed by atoms with van der Waals surface area (Å²) in [4.78, 5) is 11.6. The summed E-state index contributed by atoms with van der Waals surface area (Å²) >= 11 is 0. The van der Waals surface area contributed by atoms with Crippen LogP contribution in [0.5, 0.6) is 0 Å². The molecule has 1 aromatic rings. The Bertz CT molecular complexity index is 755. The third-order valence-electron chi connectivity index (χ3n) is 4.27. The molecule has 1 aliphatic carbocycles. The minimum atomic E-state index is -3.61. The first-order chi connectivity index (χ1) is 9.38. The van der Waals surface area contributed by atoms with E-state index in [0.717, 1.165) is 5.57 Å². The van der Waals surface area contributed by atoms with Crippen molar-refractivity contribution >= 4 is 15.9 Å². The third kappa shape index (κ3) is 1.54. The second-order valence-electron chi connectivity index (χ2n) is 5.37. The Hall–Kier alpha value is -1.82. The Labute approximate surface area is 118 Å². The Morgan fingerprint density at radius 2 is 2.15 bits per heavy atom. The molecule has 0 saturated heterocycles. The van der Waals surface area contributed by atoms with Crippen LogP contribution in [-0.4, -0.2) is 23.0 Å². The number of nitrogens with one attached hydrogen (secondary N) is 1. The maximum absolute atomic E-state index is 13.0. The van der Waals surface area contributed by atoms with Crippen molar-refractivity contribution in [1.82, 2.24) is 9.29 Å². The molecule has 1 aliphatic heterocycles. The monoisotopic (exact) mass is 292 g/mol. The highest BCUT2D eigenvalue weighted by Crippen LogP contribution is 2.36. The number of amides is 1. The minimum Gasteiger partial charge on any atom is -0.346 e. The van der Waals surface area contributed by atoms with E-state index in [0.29, 0.717) is 17.7 Å². The molecule has 2 heterocycles. The first kappa shape index (κ1) is 13.2. The number of carbonyl (C=O) groups excluding carboxylic acids is 1. The van der Waals surface area contributed by atoms with Crippen molar-refractivity contribution in [3.63, 3.8) is 0 Å². The number of rotatable bonds is 2. The Balaban J connectivity index is 2.15. The predicted octanol–water partition coefficient (Wildman–Crippen LogP) is 1.57. The summed E-state index contributed by atoms with van der Waals surface area (Å²) in [5.74, 6) is -0.213. The minimum absolute atomic E-state index is 0.213. The molecule has 0 aromatic carbocycles. The highest BCUT2D eigenvalue weighted by atomic mass is 32.2. The summed E-state index contributed by atoms with van der Waals surface area (Å²) in [7, 11) is -3.61. The van der Waals surface area contributed by atoms with E-state index in [9.17, 15) is 13.2 Å². The maximum Gasteiger partial charge on any atom is 0.253 e. The topological polar surface area (TPSA) is 68.2 Å². The summed E-state index contributed by atoms with van der Waals surface area (Å²) < 4.78 is 26.3. The molecule has 3 rings (SSSR count). The van der Waals surface area contributed by atoms with Crippen LogP contribution < -0.4 is 5.32 Å². The number of aromatic nitrogens is 1. The number of nitrogens with zero attached hydrogens (tertiary/aromatic N) is 1. The molecule has 1 aromatic heterocycles. The molecule has 0 spiro atoms. The van der Waals surface area contributed by atoms with Gasteiger partial charge in [0, 0.05) is 6.20 Å². The number of carbonyl (C=O) groups is 1. The van der Waals surface area contributed by atoms with Gasteiger partial charge in [0.1, 0.15) is 4.75 Å². The lowest BCUT2D eigenvalue weighted by molar-refractivity contribution is 0.0965. The van der Waals surface area contributed by atoms with Gasteiger partial charge in [-0.15, -0.1) is 0 Å². The largest absolute Gasteiger partial charge is 0.346 e. The van der Waals surface area contributed by atoms with E-state index in [2.05, 4.69) is 5.32 Å². The molecule has 2 aliphatic rings. The molecule has 106 valence electrons. The molecule has 6 heteroatoms. The zero-order valence-corrected chi connectivity index (χ0v) is 12.2. The van der Waals surface area contributed by atoms with Crippen LogP contribution in [0, 0.1) is 0 Å². The molecule has 1 atom stereocenters. The van der Waals surface area contributed by atoms with Gasteiger partial charge in [-0.2, -0.15) is 0 Å². The van der Waals surface area contributed by atoms with E-state index in [1.807, 2.05) is 25.2 Å². The molecule has 1 amide bonds. The van der Waals surface area contributed by atoms with Crippen LogP contribution in [0.25, 0.3) is 0 Å². The molecule has 0 fully saturated rings. The lowest BCUT2D eigenvalue weighted by Gasteiger charge is -2.32. The van der Waals surface area contributed by atoms with Crippen molar-refractivity contribution in [2.24, 2.45) is 0 Å². The van der Waals surface area contributed by atoms with Gasteiger partial charge in [0.2, 0.25) is 10.0 Å². The average Bonchev–Trinajstić information content (AvgIpc) is 2.96. The van der Waals surface area contributed by atoms with Gasteiger partial charge in [-0.05, 0) is 26.3 Å². The van der Waals surface area contributed by atoms with Gasteiger partial charge in [0.05, 0.1) is 17.8 Å². The number of allylic oxidation sites excluding steroid dienone is 3. The molecule has 0 bridgehead atoms. The fraction of sp³-hybridized carbons (Fsp3) is 0.357. The fourth-order valence-electron chi connectivity index (χ4n) is 2.68. The first-order valence-corrected chi connectivity index (χ1v) is 7.89. The van der Waals surface area contributed by atoms with Gasteiger partial charge >= 0.3 is 0 Å². The van der Waals surface area contributed by atoms with Crippen molar-refractivity contribution in [3.05, 3.63) is 47.3 Å². The van der Waals surface area contributed by atoms with Gasteiger partial charge in [0.25, 0.3) is 5.91 Å². The summed E-state index contributed by atoms with van der Waals surface area (Å²) in [6.07, 6.45) is 7.48. The molecule has 0 unspecified atom stereocenters. The van der Waals surface area contributed by atoms with Crippen LogP contribution in [0.2, 0.25) is 0 Å². The summed E-state index contributed by atoms with van der Waals surface area (Å²) in [5, 5.41) is 2.65. The van der Waals surface area contributed by atoms with E-state index in [1.165, 1.54) is 10.2 Å². The zero-order valence-electron chi connectivity index (χ0n) is 11.4. The molecule has 0 radical (unpaired) electrons. The van der Waals surface area contributed by atoms with E-state index in [-0.39, 0.29) is 12.5 Å². The Morgan fingerprint density at radius 3 is 2.85 bits per heavy atom. The zero-order chi connectivity index (χ0) is 14.5. The average molecular weight is 292 g/mol. The highest BCUT2D eigenvalue weighted by Gasteiger charge is 2.43. The second kappa shape index (κ2) is 4.09.